The highest BCUT2D eigenvalue weighted by molar-refractivity contribution is 4.94. The first-order chi connectivity index (χ1) is 7.27. The zero-order chi connectivity index (χ0) is 10.3. The van der Waals surface area contributed by atoms with Crippen molar-refractivity contribution in [1.29, 1.82) is 0 Å². The Morgan fingerprint density at radius 2 is 1.87 bits per heavy atom. The van der Waals surface area contributed by atoms with Crippen molar-refractivity contribution in [2.45, 2.75) is 57.1 Å². The number of likely N-dealkylation sites (tertiary alicyclic amines) is 1. The fraction of sp³-hybridized carbons (Fsp3) is 1.00. The normalized spacial score (nSPS) is 40.6. The lowest BCUT2D eigenvalue weighted by Gasteiger charge is -2.47. The molecule has 2 nitrogen and oxygen atoms in total. The predicted octanol–water partition coefficient (Wildman–Crippen LogP) is 2.43. The van der Waals surface area contributed by atoms with Crippen LogP contribution in [0.2, 0.25) is 0 Å². The molecule has 86 valence electrons. The number of nitrogens with zero attached hydrogens (tertiary/aromatic N) is 1. The summed E-state index contributed by atoms with van der Waals surface area (Å²) in [7, 11) is 0. The fourth-order valence-electron chi connectivity index (χ4n) is 3.60. The van der Waals surface area contributed by atoms with E-state index >= 15 is 0 Å². The van der Waals surface area contributed by atoms with E-state index in [9.17, 15) is 0 Å². The third kappa shape index (κ3) is 1.83. The van der Waals surface area contributed by atoms with E-state index in [0.717, 1.165) is 18.6 Å². The summed E-state index contributed by atoms with van der Waals surface area (Å²) < 4.78 is 5.96. The molecule has 0 radical (unpaired) electrons. The van der Waals surface area contributed by atoms with Gasteiger partial charge in [-0.1, -0.05) is 6.92 Å². The smallest absolute Gasteiger partial charge is 0.0707 e. The molecule has 15 heavy (non-hydrogen) atoms. The van der Waals surface area contributed by atoms with E-state index in [1.165, 1.54) is 51.6 Å². The van der Waals surface area contributed by atoms with Gasteiger partial charge in [-0.15, -0.1) is 0 Å². The van der Waals surface area contributed by atoms with Gasteiger partial charge in [0.15, 0.2) is 0 Å². The lowest BCUT2D eigenvalue weighted by Crippen LogP contribution is -2.51. The summed E-state index contributed by atoms with van der Waals surface area (Å²) in [6.45, 7) is 5.97. The minimum atomic E-state index is 0.311. The molecule has 1 saturated carbocycles. The van der Waals surface area contributed by atoms with Crippen LogP contribution in [0.4, 0.5) is 0 Å². The minimum absolute atomic E-state index is 0.311. The maximum absolute atomic E-state index is 5.96. The summed E-state index contributed by atoms with van der Waals surface area (Å²) in [5.74, 6) is 0.980. The Balaban J connectivity index is 1.52. The van der Waals surface area contributed by atoms with Gasteiger partial charge in [0.2, 0.25) is 0 Å². The lowest BCUT2D eigenvalue weighted by atomic mass is 9.78. The van der Waals surface area contributed by atoms with Gasteiger partial charge >= 0.3 is 0 Å². The molecule has 0 aromatic carbocycles. The van der Waals surface area contributed by atoms with Crippen molar-refractivity contribution >= 4 is 0 Å². The number of ether oxygens (including phenoxy) is 1. The van der Waals surface area contributed by atoms with Crippen LogP contribution < -0.4 is 0 Å². The number of rotatable bonds is 1. The van der Waals surface area contributed by atoms with Gasteiger partial charge < -0.3 is 9.64 Å². The largest absolute Gasteiger partial charge is 0.375 e. The molecule has 0 bridgehead atoms. The number of hydrogen-bond acceptors (Lipinski definition) is 2. The summed E-state index contributed by atoms with van der Waals surface area (Å²) in [6, 6.07) is 0.916. The molecule has 2 saturated heterocycles. The minimum Gasteiger partial charge on any atom is -0.375 e. The van der Waals surface area contributed by atoms with E-state index in [1.807, 2.05) is 0 Å². The molecule has 2 aliphatic heterocycles. The van der Waals surface area contributed by atoms with Crippen LogP contribution in [0.15, 0.2) is 0 Å². The van der Waals surface area contributed by atoms with E-state index < -0.39 is 0 Å². The first-order valence-electron chi connectivity index (χ1n) is 6.65. The Morgan fingerprint density at radius 3 is 2.40 bits per heavy atom. The van der Waals surface area contributed by atoms with Gasteiger partial charge in [0.05, 0.1) is 5.60 Å². The van der Waals surface area contributed by atoms with Crippen LogP contribution in [-0.4, -0.2) is 36.2 Å². The molecule has 3 aliphatic rings. The summed E-state index contributed by atoms with van der Waals surface area (Å²) in [6.07, 6.45) is 8.07. The molecule has 1 spiro atoms. The van der Waals surface area contributed by atoms with Crippen LogP contribution in [-0.2, 0) is 4.74 Å². The molecule has 0 amide bonds. The van der Waals surface area contributed by atoms with Crippen molar-refractivity contribution in [3.8, 4) is 0 Å². The fourth-order valence-corrected chi connectivity index (χ4v) is 3.60. The monoisotopic (exact) mass is 209 g/mol. The third-order valence-corrected chi connectivity index (χ3v) is 4.76. The molecular formula is C13H23NO. The summed E-state index contributed by atoms with van der Waals surface area (Å²) in [5.41, 5.74) is 0.311. The van der Waals surface area contributed by atoms with E-state index in [1.54, 1.807) is 0 Å². The maximum atomic E-state index is 5.96. The van der Waals surface area contributed by atoms with Gasteiger partial charge in [-0.3, -0.25) is 0 Å². The maximum Gasteiger partial charge on any atom is 0.0707 e. The van der Waals surface area contributed by atoms with Crippen LogP contribution in [0.5, 0.6) is 0 Å². The SMILES string of the molecule is CC1CC(N2CCC3(CCCO3)CC2)C1. The highest BCUT2D eigenvalue weighted by Crippen LogP contribution is 2.39. The van der Waals surface area contributed by atoms with Crippen LogP contribution >= 0.6 is 0 Å². The first-order valence-corrected chi connectivity index (χ1v) is 6.65. The number of hydrogen-bond donors (Lipinski definition) is 0. The summed E-state index contributed by atoms with van der Waals surface area (Å²) in [4.78, 5) is 2.72. The summed E-state index contributed by atoms with van der Waals surface area (Å²) in [5, 5.41) is 0. The first kappa shape index (κ1) is 10.1. The van der Waals surface area contributed by atoms with Crippen LogP contribution in [0.1, 0.15) is 45.4 Å². The molecule has 3 fully saturated rings. The molecule has 2 heteroatoms. The molecule has 1 aliphatic carbocycles. The summed E-state index contributed by atoms with van der Waals surface area (Å²) >= 11 is 0. The number of piperidine rings is 1. The topological polar surface area (TPSA) is 12.5 Å². The Labute approximate surface area is 93.0 Å². The quantitative estimate of drug-likeness (QED) is 0.657. The van der Waals surface area contributed by atoms with Gasteiger partial charge in [-0.2, -0.15) is 0 Å². The van der Waals surface area contributed by atoms with Crippen molar-refractivity contribution in [2.75, 3.05) is 19.7 Å². The molecule has 0 N–H and O–H groups in total. The van der Waals surface area contributed by atoms with Gasteiger partial charge in [0, 0.05) is 25.7 Å². The van der Waals surface area contributed by atoms with Gasteiger partial charge in [0.25, 0.3) is 0 Å². The molecule has 0 atom stereocenters. The van der Waals surface area contributed by atoms with Crippen molar-refractivity contribution in [1.82, 2.24) is 4.90 Å². The van der Waals surface area contributed by atoms with Crippen LogP contribution in [0, 0.1) is 5.92 Å². The molecule has 0 aromatic rings. The second-order valence-corrected chi connectivity index (χ2v) is 5.90. The van der Waals surface area contributed by atoms with E-state index in [2.05, 4.69) is 11.8 Å². The van der Waals surface area contributed by atoms with Gasteiger partial charge in [0.1, 0.15) is 0 Å². The average molecular weight is 209 g/mol. The Hall–Kier alpha value is -0.0800. The van der Waals surface area contributed by atoms with E-state index in [0.29, 0.717) is 5.60 Å². The molecule has 3 rings (SSSR count). The van der Waals surface area contributed by atoms with Crippen molar-refractivity contribution in [2.24, 2.45) is 5.92 Å². The lowest BCUT2D eigenvalue weighted by molar-refractivity contribution is -0.0618. The molecule has 0 aromatic heterocycles. The second kappa shape index (κ2) is 3.74. The Bertz CT molecular complexity index is 219. The van der Waals surface area contributed by atoms with Crippen molar-refractivity contribution < 1.29 is 4.74 Å². The highest BCUT2D eigenvalue weighted by Gasteiger charge is 2.41. The van der Waals surface area contributed by atoms with Gasteiger partial charge in [-0.25, -0.2) is 0 Å². The van der Waals surface area contributed by atoms with Crippen molar-refractivity contribution in [3.63, 3.8) is 0 Å². The molecule has 2 heterocycles. The Morgan fingerprint density at radius 1 is 1.13 bits per heavy atom. The predicted molar refractivity (Wildman–Crippen MR) is 60.9 cm³/mol. The standard InChI is InChI=1S/C13H23NO/c1-11-9-12(10-11)14-6-4-13(5-7-14)3-2-8-15-13/h11-12H,2-10H2,1H3. The van der Waals surface area contributed by atoms with Crippen LogP contribution in [0.25, 0.3) is 0 Å². The molecular weight excluding hydrogens is 186 g/mol. The third-order valence-electron chi connectivity index (χ3n) is 4.76. The molecule has 0 unspecified atom stereocenters. The zero-order valence-corrected chi connectivity index (χ0v) is 9.87. The Kier molecular flexibility index (Phi) is 2.52. The van der Waals surface area contributed by atoms with E-state index in [4.69, 9.17) is 4.74 Å². The van der Waals surface area contributed by atoms with E-state index in [-0.39, 0.29) is 0 Å². The zero-order valence-electron chi connectivity index (χ0n) is 9.87. The second-order valence-electron chi connectivity index (χ2n) is 5.90. The van der Waals surface area contributed by atoms with Gasteiger partial charge in [-0.05, 0) is 44.4 Å². The average Bonchev–Trinajstić information content (AvgIpc) is 2.64. The van der Waals surface area contributed by atoms with Crippen LogP contribution in [0.3, 0.4) is 0 Å². The van der Waals surface area contributed by atoms with Crippen molar-refractivity contribution in [3.05, 3.63) is 0 Å². The highest BCUT2D eigenvalue weighted by atomic mass is 16.5.